The lowest BCUT2D eigenvalue weighted by atomic mass is 10.1. The van der Waals surface area contributed by atoms with Gasteiger partial charge >= 0.3 is 0 Å². The second-order valence-corrected chi connectivity index (χ2v) is 7.83. The molecule has 0 bridgehead atoms. The predicted molar refractivity (Wildman–Crippen MR) is 105 cm³/mol. The van der Waals surface area contributed by atoms with Crippen molar-refractivity contribution >= 4 is 27.5 Å². The molecule has 0 atom stereocenters. The van der Waals surface area contributed by atoms with Crippen LogP contribution < -0.4 is 4.90 Å². The van der Waals surface area contributed by atoms with Crippen molar-refractivity contribution in [1.29, 1.82) is 0 Å². The molecule has 2 aliphatic heterocycles. The van der Waals surface area contributed by atoms with E-state index >= 15 is 0 Å². The molecule has 2 fully saturated rings. The predicted octanol–water partition coefficient (Wildman–Crippen LogP) is 2.89. The molecule has 4 rings (SSSR count). The van der Waals surface area contributed by atoms with E-state index in [1.807, 2.05) is 17.0 Å². The maximum Gasteiger partial charge on any atom is 0.247 e. The van der Waals surface area contributed by atoms with E-state index in [0.29, 0.717) is 11.8 Å². The van der Waals surface area contributed by atoms with Gasteiger partial charge < -0.3 is 19.0 Å². The van der Waals surface area contributed by atoms with Crippen LogP contribution in [0, 0.1) is 0 Å². The van der Waals surface area contributed by atoms with Gasteiger partial charge in [-0.25, -0.2) is 0 Å². The molecule has 1 amide bonds. The Morgan fingerprint density at radius 1 is 1.04 bits per heavy atom. The van der Waals surface area contributed by atoms with Gasteiger partial charge in [-0.15, -0.1) is 10.2 Å². The summed E-state index contributed by atoms with van der Waals surface area (Å²) in [6.45, 7) is 4.82. The first-order valence-electron chi connectivity index (χ1n) is 9.43. The van der Waals surface area contributed by atoms with Crippen LogP contribution in [0.5, 0.6) is 0 Å². The molecule has 1 aromatic carbocycles. The van der Waals surface area contributed by atoms with Gasteiger partial charge in [0.1, 0.15) is 6.42 Å². The van der Waals surface area contributed by atoms with Gasteiger partial charge in [0.15, 0.2) is 0 Å². The van der Waals surface area contributed by atoms with Crippen molar-refractivity contribution in [2.45, 2.75) is 25.7 Å². The van der Waals surface area contributed by atoms with Gasteiger partial charge in [0.25, 0.3) is 0 Å². The van der Waals surface area contributed by atoms with E-state index in [1.165, 1.54) is 6.42 Å². The number of anilines is 1. The van der Waals surface area contributed by atoms with E-state index < -0.39 is 0 Å². The number of amides is 1. The fourth-order valence-electron chi connectivity index (χ4n) is 3.53. The third kappa shape index (κ3) is 4.50. The van der Waals surface area contributed by atoms with Crippen LogP contribution in [0.3, 0.4) is 0 Å². The molecule has 7 nitrogen and oxygen atoms in total. The molecule has 1 aromatic heterocycles. The highest BCUT2D eigenvalue weighted by Crippen LogP contribution is 2.29. The Morgan fingerprint density at radius 3 is 2.59 bits per heavy atom. The molecule has 0 aliphatic carbocycles. The van der Waals surface area contributed by atoms with Crippen molar-refractivity contribution in [2.75, 3.05) is 44.3 Å². The molecule has 144 valence electrons. The SMILES string of the molecule is O=C(Cc1nnc(-c2cc(Br)cc(N3CCOCC3)c2)o1)N1CCCCC1. The zero-order valence-corrected chi connectivity index (χ0v) is 16.8. The summed E-state index contributed by atoms with van der Waals surface area (Å²) >= 11 is 3.57. The second kappa shape index (κ2) is 8.39. The standard InChI is InChI=1S/C19H23BrN4O3/c20-15-10-14(11-16(12-15)23-6-8-26-9-7-23)19-22-21-17(27-19)13-18(25)24-4-2-1-3-5-24/h10-12H,1-9,13H2. The van der Waals surface area contributed by atoms with Crippen molar-refractivity contribution in [3.05, 3.63) is 28.6 Å². The molecule has 27 heavy (non-hydrogen) atoms. The van der Waals surface area contributed by atoms with Crippen molar-refractivity contribution in [2.24, 2.45) is 0 Å². The third-order valence-corrected chi connectivity index (χ3v) is 5.44. The second-order valence-electron chi connectivity index (χ2n) is 6.92. The first-order chi connectivity index (χ1) is 13.2. The van der Waals surface area contributed by atoms with Gasteiger partial charge in [-0.3, -0.25) is 4.79 Å². The summed E-state index contributed by atoms with van der Waals surface area (Å²) in [6, 6.07) is 6.07. The summed E-state index contributed by atoms with van der Waals surface area (Å²) in [6.07, 6.45) is 3.51. The number of carbonyl (C=O) groups excluding carboxylic acids is 1. The summed E-state index contributed by atoms with van der Waals surface area (Å²) in [5, 5.41) is 8.25. The Bertz CT molecular complexity index is 798. The van der Waals surface area contributed by atoms with E-state index in [0.717, 1.165) is 68.0 Å². The molecular formula is C19H23BrN4O3. The van der Waals surface area contributed by atoms with Gasteiger partial charge in [-0.1, -0.05) is 15.9 Å². The van der Waals surface area contributed by atoms with E-state index in [9.17, 15) is 4.79 Å². The monoisotopic (exact) mass is 434 g/mol. The number of hydrogen-bond acceptors (Lipinski definition) is 6. The highest BCUT2D eigenvalue weighted by Gasteiger charge is 2.20. The van der Waals surface area contributed by atoms with Crippen LogP contribution in [-0.2, 0) is 16.0 Å². The van der Waals surface area contributed by atoms with Gasteiger partial charge in [-0.2, -0.15) is 0 Å². The van der Waals surface area contributed by atoms with Crippen LogP contribution >= 0.6 is 15.9 Å². The highest BCUT2D eigenvalue weighted by molar-refractivity contribution is 9.10. The van der Waals surface area contributed by atoms with E-state index in [2.05, 4.69) is 37.1 Å². The Kier molecular flexibility index (Phi) is 5.73. The smallest absolute Gasteiger partial charge is 0.247 e. The molecule has 0 unspecified atom stereocenters. The minimum Gasteiger partial charge on any atom is -0.420 e. The molecule has 3 heterocycles. The molecule has 0 radical (unpaired) electrons. The maximum atomic E-state index is 12.4. The maximum absolute atomic E-state index is 12.4. The molecule has 0 saturated carbocycles. The molecular weight excluding hydrogens is 412 g/mol. The number of nitrogens with zero attached hydrogens (tertiary/aromatic N) is 4. The topological polar surface area (TPSA) is 71.7 Å². The van der Waals surface area contributed by atoms with Gasteiger partial charge in [0.2, 0.25) is 17.7 Å². The molecule has 0 spiro atoms. The van der Waals surface area contributed by atoms with Crippen LogP contribution in [0.15, 0.2) is 27.1 Å². The van der Waals surface area contributed by atoms with Gasteiger partial charge in [0, 0.05) is 41.9 Å². The lowest BCUT2D eigenvalue weighted by molar-refractivity contribution is -0.131. The first-order valence-corrected chi connectivity index (χ1v) is 10.2. The minimum absolute atomic E-state index is 0.0631. The van der Waals surface area contributed by atoms with Crippen LogP contribution in [0.1, 0.15) is 25.2 Å². The Morgan fingerprint density at radius 2 is 1.81 bits per heavy atom. The average molecular weight is 435 g/mol. The normalized spacial score (nSPS) is 18.0. The number of piperidine rings is 1. The molecule has 0 N–H and O–H groups in total. The summed E-state index contributed by atoms with van der Waals surface area (Å²) in [5.41, 5.74) is 1.93. The van der Waals surface area contributed by atoms with Crippen molar-refractivity contribution in [1.82, 2.24) is 15.1 Å². The molecule has 2 aliphatic rings. The van der Waals surface area contributed by atoms with Gasteiger partial charge in [0.05, 0.1) is 13.2 Å². The number of benzene rings is 1. The Hall–Kier alpha value is -1.93. The number of halogens is 1. The first kappa shape index (κ1) is 18.4. The Balaban J connectivity index is 1.49. The zero-order chi connectivity index (χ0) is 18.6. The lowest BCUT2D eigenvalue weighted by Gasteiger charge is -2.29. The number of morpholine rings is 1. The minimum atomic E-state index is 0.0631. The van der Waals surface area contributed by atoms with E-state index in [-0.39, 0.29) is 12.3 Å². The number of aromatic nitrogens is 2. The number of carbonyl (C=O) groups is 1. The van der Waals surface area contributed by atoms with E-state index in [4.69, 9.17) is 9.15 Å². The number of hydrogen-bond donors (Lipinski definition) is 0. The zero-order valence-electron chi connectivity index (χ0n) is 15.2. The molecule has 2 aromatic rings. The fraction of sp³-hybridized carbons (Fsp3) is 0.526. The van der Waals surface area contributed by atoms with Gasteiger partial charge in [-0.05, 0) is 37.5 Å². The lowest BCUT2D eigenvalue weighted by Crippen LogP contribution is -2.36. The van der Waals surface area contributed by atoms with Crippen molar-refractivity contribution in [3.63, 3.8) is 0 Å². The number of ether oxygens (including phenoxy) is 1. The summed E-state index contributed by atoms with van der Waals surface area (Å²) < 4.78 is 12.2. The number of likely N-dealkylation sites (tertiary alicyclic amines) is 1. The summed E-state index contributed by atoms with van der Waals surface area (Å²) in [5.74, 6) is 0.869. The van der Waals surface area contributed by atoms with Crippen molar-refractivity contribution < 1.29 is 13.9 Å². The third-order valence-electron chi connectivity index (χ3n) is 4.98. The summed E-state index contributed by atoms with van der Waals surface area (Å²) in [4.78, 5) is 16.6. The van der Waals surface area contributed by atoms with E-state index in [1.54, 1.807) is 0 Å². The summed E-state index contributed by atoms with van der Waals surface area (Å²) in [7, 11) is 0. The fourth-order valence-corrected chi connectivity index (χ4v) is 4.01. The van der Waals surface area contributed by atoms with Crippen LogP contribution in [0.25, 0.3) is 11.5 Å². The number of rotatable bonds is 4. The average Bonchev–Trinajstić information content (AvgIpc) is 3.17. The quantitative estimate of drug-likeness (QED) is 0.736. The van der Waals surface area contributed by atoms with Crippen LogP contribution in [-0.4, -0.2) is 60.4 Å². The molecule has 8 heteroatoms. The largest absolute Gasteiger partial charge is 0.420 e. The Labute approximate surface area is 166 Å². The van der Waals surface area contributed by atoms with Crippen LogP contribution in [0.4, 0.5) is 5.69 Å². The highest BCUT2D eigenvalue weighted by atomic mass is 79.9. The molecule has 2 saturated heterocycles. The van der Waals surface area contributed by atoms with Crippen LogP contribution in [0.2, 0.25) is 0 Å². The van der Waals surface area contributed by atoms with Crippen molar-refractivity contribution in [3.8, 4) is 11.5 Å².